The molecule has 2 N–H and O–H groups in total. The maximum Gasteiger partial charge on any atom is 0.240 e. The zero-order valence-electron chi connectivity index (χ0n) is 11.4. The summed E-state index contributed by atoms with van der Waals surface area (Å²) in [6.07, 6.45) is 3.27. The van der Waals surface area contributed by atoms with Gasteiger partial charge < -0.3 is 9.84 Å². The van der Waals surface area contributed by atoms with Crippen molar-refractivity contribution in [1.29, 1.82) is 0 Å². The molecule has 0 fully saturated rings. The predicted octanol–water partition coefficient (Wildman–Crippen LogP) is 2.18. The van der Waals surface area contributed by atoms with Gasteiger partial charge in [-0.25, -0.2) is 13.1 Å². The molecule has 114 valence electrons. The van der Waals surface area contributed by atoms with Gasteiger partial charge in [-0.2, -0.15) is 0 Å². The number of hydrogen-bond donors (Lipinski definition) is 2. The number of ether oxygens (including phenoxy) is 1. The van der Waals surface area contributed by atoms with Crippen LogP contribution in [0.25, 0.3) is 0 Å². The summed E-state index contributed by atoms with van der Waals surface area (Å²) in [6.45, 7) is 0.549. The molecular formula is C13H20ClNO4S. The van der Waals surface area contributed by atoms with E-state index in [1.165, 1.54) is 25.3 Å². The molecule has 0 spiro atoms. The minimum Gasteiger partial charge on any atom is -0.495 e. The Balaban J connectivity index is 2.54. The van der Waals surface area contributed by atoms with Crippen molar-refractivity contribution in [2.75, 3.05) is 20.3 Å². The molecule has 0 aliphatic carbocycles. The van der Waals surface area contributed by atoms with Gasteiger partial charge in [-0.1, -0.05) is 24.4 Å². The number of rotatable bonds is 9. The van der Waals surface area contributed by atoms with Gasteiger partial charge in [0, 0.05) is 13.2 Å². The number of unbranched alkanes of at least 4 members (excludes halogenated alkanes) is 3. The first-order valence-electron chi connectivity index (χ1n) is 6.45. The molecule has 5 nitrogen and oxygen atoms in total. The van der Waals surface area contributed by atoms with Gasteiger partial charge in [-0.3, -0.25) is 0 Å². The number of sulfonamides is 1. The van der Waals surface area contributed by atoms with Gasteiger partial charge in [0.1, 0.15) is 5.75 Å². The van der Waals surface area contributed by atoms with Crippen LogP contribution in [0.15, 0.2) is 23.1 Å². The topological polar surface area (TPSA) is 75.6 Å². The second-order valence-electron chi connectivity index (χ2n) is 4.33. The zero-order valence-corrected chi connectivity index (χ0v) is 13.0. The normalized spacial score (nSPS) is 11.6. The lowest BCUT2D eigenvalue weighted by atomic mass is 10.2. The van der Waals surface area contributed by atoms with Crippen molar-refractivity contribution < 1.29 is 18.3 Å². The number of nitrogens with one attached hydrogen (secondary N) is 1. The molecule has 0 radical (unpaired) electrons. The average molecular weight is 322 g/mol. The number of hydrogen-bond acceptors (Lipinski definition) is 4. The summed E-state index contributed by atoms with van der Waals surface area (Å²) in [6, 6.07) is 4.35. The molecule has 0 unspecified atom stereocenters. The number of halogens is 1. The molecule has 0 aliphatic rings. The molecular weight excluding hydrogens is 302 g/mol. The Labute approximate surface area is 125 Å². The molecule has 0 heterocycles. The fourth-order valence-corrected chi connectivity index (χ4v) is 3.12. The van der Waals surface area contributed by atoms with E-state index >= 15 is 0 Å². The van der Waals surface area contributed by atoms with Crippen LogP contribution < -0.4 is 9.46 Å². The Morgan fingerprint density at radius 3 is 2.55 bits per heavy atom. The Hall–Kier alpha value is -0.820. The third-order valence-corrected chi connectivity index (χ3v) is 4.56. The van der Waals surface area contributed by atoms with Crippen LogP contribution in [0.4, 0.5) is 0 Å². The molecule has 1 aromatic rings. The number of methoxy groups -OCH3 is 1. The predicted molar refractivity (Wildman–Crippen MR) is 78.7 cm³/mol. The van der Waals surface area contributed by atoms with Crippen molar-refractivity contribution in [2.45, 2.75) is 30.6 Å². The highest BCUT2D eigenvalue weighted by atomic mass is 35.5. The largest absolute Gasteiger partial charge is 0.495 e. The van der Waals surface area contributed by atoms with E-state index in [0.717, 1.165) is 25.7 Å². The second kappa shape index (κ2) is 8.46. The van der Waals surface area contributed by atoms with Crippen molar-refractivity contribution in [2.24, 2.45) is 0 Å². The van der Waals surface area contributed by atoms with Gasteiger partial charge in [0.15, 0.2) is 0 Å². The van der Waals surface area contributed by atoms with Crippen LogP contribution >= 0.6 is 11.6 Å². The molecule has 0 aliphatic heterocycles. The molecule has 0 bridgehead atoms. The molecule has 1 rings (SSSR count). The summed E-state index contributed by atoms with van der Waals surface area (Å²) in [5.74, 6) is 0.439. The maximum absolute atomic E-state index is 12.0. The van der Waals surface area contributed by atoms with E-state index < -0.39 is 10.0 Å². The zero-order chi connectivity index (χ0) is 15.0. The van der Waals surface area contributed by atoms with Crippen molar-refractivity contribution in [3.8, 4) is 5.75 Å². The van der Waals surface area contributed by atoms with Crippen molar-refractivity contribution in [1.82, 2.24) is 4.72 Å². The summed E-state index contributed by atoms with van der Waals surface area (Å²) in [5.41, 5.74) is 0. The lowest BCUT2D eigenvalue weighted by Crippen LogP contribution is -2.24. The first kappa shape index (κ1) is 17.2. The van der Waals surface area contributed by atoms with E-state index in [9.17, 15) is 8.42 Å². The standard InChI is InChI=1S/C13H20ClNO4S/c1-19-13-7-6-11(10-12(13)14)20(17,18)15-8-4-2-3-5-9-16/h6-7,10,15-16H,2-5,8-9H2,1H3. The van der Waals surface area contributed by atoms with Crippen LogP contribution in [-0.4, -0.2) is 33.8 Å². The molecule has 0 amide bonds. The molecule has 7 heteroatoms. The van der Waals surface area contributed by atoms with Gasteiger partial charge in [0.2, 0.25) is 10.0 Å². The Morgan fingerprint density at radius 1 is 1.25 bits per heavy atom. The Morgan fingerprint density at radius 2 is 1.95 bits per heavy atom. The fourth-order valence-electron chi connectivity index (χ4n) is 1.69. The summed E-state index contributed by atoms with van der Waals surface area (Å²) >= 11 is 5.91. The summed E-state index contributed by atoms with van der Waals surface area (Å²) in [7, 11) is -2.07. The van der Waals surface area contributed by atoms with Crippen LogP contribution in [0.5, 0.6) is 5.75 Å². The van der Waals surface area contributed by atoms with Crippen molar-refractivity contribution in [3.05, 3.63) is 23.2 Å². The van der Waals surface area contributed by atoms with Crippen molar-refractivity contribution in [3.63, 3.8) is 0 Å². The van der Waals surface area contributed by atoms with Gasteiger partial charge >= 0.3 is 0 Å². The van der Waals surface area contributed by atoms with Crippen molar-refractivity contribution >= 4 is 21.6 Å². The molecule has 0 atom stereocenters. The number of aliphatic hydroxyl groups excluding tert-OH is 1. The summed E-state index contributed by atoms with van der Waals surface area (Å²) in [5, 5.41) is 8.90. The van der Waals surface area contributed by atoms with Crippen LogP contribution in [-0.2, 0) is 10.0 Å². The second-order valence-corrected chi connectivity index (χ2v) is 6.51. The highest BCUT2D eigenvalue weighted by molar-refractivity contribution is 7.89. The quantitative estimate of drug-likeness (QED) is 0.684. The third kappa shape index (κ3) is 5.28. The van der Waals surface area contributed by atoms with Crippen LogP contribution in [0, 0.1) is 0 Å². The van der Waals surface area contributed by atoms with E-state index in [-0.39, 0.29) is 16.5 Å². The smallest absolute Gasteiger partial charge is 0.240 e. The summed E-state index contributed by atoms with van der Waals surface area (Å²) < 4.78 is 31.6. The van der Waals surface area contributed by atoms with Gasteiger partial charge in [0.05, 0.1) is 17.0 Å². The molecule has 0 saturated carbocycles. The Kier molecular flexibility index (Phi) is 7.29. The molecule has 0 saturated heterocycles. The lowest BCUT2D eigenvalue weighted by Gasteiger charge is -2.08. The summed E-state index contributed by atoms with van der Waals surface area (Å²) in [4.78, 5) is 0.124. The highest BCUT2D eigenvalue weighted by Gasteiger charge is 2.15. The van der Waals surface area contributed by atoms with E-state index in [1.54, 1.807) is 0 Å². The van der Waals surface area contributed by atoms with Gasteiger partial charge in [-0.15, -0.1) is 0 Å². The van der Waals surface area contributed by atoms with Crippen LogP contribution in [0.3, 0.4) is 0 Å². The first-order valence-corrected chi connectivity index (χ1v) is 8.31. The fraction of sp³-hybridized carbons (Fsp3) is 0.538. The maximum atomic E-state index is 12.0. The van der Waals surface area contributed by atoms with E-state index in [4.69, 9.17) is 21.4 Å². The molecule has 20 heavy (non-hydrogen) atoms. The SMILES string of the molecule is COc1ccc(S(=O)(=O)NCCCCCCO)cc1Cl. The van der Waals surface area contributed by atoms with E-state index in [1.807, 2.05) is 0 Å². The van der Waals surface area contributed by atoms with Crippen LogP contribution in [0.1, 0.15) is 25.7 Å². The lowest BCUT2D eigenvalue weighted by molar-refractivity contribution is 0.282. The molecule has 0 aromatic heterocycles. The van der Waals surface area contributed by atoms with Crippen LogP contribution in [0.2, 0.25) is 5.02 Å². The highest BCUT2D eigenvalue weighted by Crippen LogP contribution is 2.26. The molecule has 1 aromatic carbocycles. The minimum absolute atomic E-state index is 0.124. The first-order chi connectivity index (χ1) is 9.51. The Bertz CT molecular complexity index is 519. The van der Waals surface area contributed by atoms with Gasteiger partial charge in [0.25, 0.3) is 0 Å². The minimum atomic E-state index is -3.54. The average Bonchev–Trinajstić information content (AvgIpc) is 2.42. The monoisotopic (exact) mass is 321 g/mol. The van der Waals surface area contributed by atoms with E-state index in [0.29, 0.717) is 12.3 Å². The third-order valence-electron chi connectivity index (χ3n) is 2.81. The number of aliphatic hydroxyl groups is 1. The van der Waals surface area contributed by atoms with E-state index in [2.05, 4.69) is 4.72 Å². The number of benzene rings is 1. The van der Waals surface area contributed by atoms with Gasteiger partial charge in [-0.05, 0) is 31.0 Å².